The molecule has 0 N–H and O–H groups in total. The van der Waals surface area contributed by atoms with Crippen molar-refractivity contribution >= 4 is 12.4 Å². The van der Waals surface area contributed by atoms with Gasteiger partial charge in [0.25, 0.3) is 0 Å². The van der Waals surface area contributed by atoms with Gasteiger partial charge >= 0.3 is 0 Å². The maximum Gasteiger partial charge on any atom is 0.137 e. The minimum absolute atomic E-state index is 0. The van der Waals surface area contributed by atoms with Crippen LogP contribution in [0.25, 0.3) is 0 Å². The lowest BCUT2D eigenvalue weighted by atomic mass is 10.1. The third-order valence-corrected chi connectivity index (χ3v) is 2.26. The molecule has 1 aliphatic rings. The number of hydrogen-bond acceptors (Lipinski definition) is 3. The van der Waals surface area contributed by atoms with Crippen molar-refractivity contribution in [2.24, 2.45) is 0 Å². The first-order chi connectivity index (χ1) is 5.95. The molecule has 74 valence electrons. The second-order valence-corrected chi connectivity index (χ2v) is 3.26. The van der Waals surface area contributed by atoms with E-state index in [2.05, 4.69) is 15.0 Å². The first kappa shape index (κ1) is 10.5. The number of halogens is 1. The number of piperidine rings is 1. The molecule has 0 atom stereocenters. The van der Waals surface area contributed by atoms with Gasteiger partial charge < -0.3 is 0 Å². The average Bonchev–Trinajstić information content (AvgIpc) is 2.59. The fourth-order valence-electron chi connectivity index (χ4n) is 1.61. The monoisotopic (exact) mass is 202 g/mol. The van der Waals surface area contributed by atoms with Gasteiger partial charge in [-0.1, -0.05) is 6.42 Å². The Morgan fingerprint density at radius 3 is 2.54 bits per heavy atom. The number of rotatable bonds is 2. The number of aromatic nitrogens is 3. The Labute approximate surface area is 84.4 Å². The van der Waals surface area contributed by atoms with E-state index in [0.717, 1.165) is 6.67 Å². The second kappa shape index (κ2) is 5.19. The van der Waals surface area contributed by atoms with E-state index in [1.54, 1.807) is 12.7 Å². The van der Waals surface area contributed by atoms with E-state index in [1.165, 1.54) is 32.4 Å². The lowest BCUT2D eigenvalue weighted by Gasteiger charge is -2.25. The van der Waals surface area contributed by atoms with Crippen molar-refractivity contribution in [2.45, 2.75) is 25.9 Å². The van der Waals surface area contributed by atoms with Crippen LogP contribution >= 0.6 is 12.4 Å². The van der Waals surface area contributed by atoms with Crippen molar-refractivity contribution in [1.29, 1.82) is 0 Å². The molecule has 1 saturated heterocycles. The third-order valence-electron chi connectivity index (χ3n) is 2.26. The predicted molar refractivity (Wildman–Crippen MR) is 52.7 cm³/mol. The molecule has 0 aliphatic carbocycles. The minimum atomic E-state index is 0. The zero-order valence-corrected chi connectivity index (χ0v) is 8.41. The standard InChI is InChI=1S/C8H14N4.ClH/c1-2-4-11(5-3-1)8-12-7-9-6-10-12;/h6-7H,1-5,8H2;1H. The third kappa shape index (κ3) is 2.97. The summed E-state index contributed by atoms with van der Waals surface area (Å²) in [6.45, 7) is 3.32. The lowest BCUT2D eigenvalue weighted by molar-refractivity contribution is 0.173. The molecule has 0 amide bonds. The zero-order valence-electron chi connectivity index (χ0n) is 7.59. The van der Waals surface area contributed by atoms with Crippen molar-refractivity contribution in [1.82, 2.24) is 19.7 Å². The predicted octanol–water partition coefficient (Wildman–Crippen LogP) is 1.14. The Morgan fingerprint density at radius 2 is 1.92 bits per heavy atom. The van der Waals surface area contributed by atoms with E-state index in [9.17, 15) is 0 Å². The van der Waals surface area contributed by atoms with Crippen LogP contribution in [0.1, 0.15) is 19.3 Å². The van der Waals surface area contributed by atoms with Gasteiger partial charge in [0.05, 0.1) is 6.67 Å². The Bertz CT molecular complexity index is 218. The van der Waals surface area contributed by atoms with Crippen LogP contribution in [0.3, 0.4) is 0 Å². The number of nitrogens with zero attached hydrogens (tertiary/aromatic N) is 4. The van der Waals surface area contributed by atoms with E-state index in [4.69, 9.17) is 0 Å². The normalized spacial score (nSPS) is 18.2. The Hall–Kier alpha value is -0.610. The first-order valence-corrected chi connectivity index (χ1v) is 4.50. The molecule has 1 aromatic rings. The van der Waals surface area contributed by atoms with Gasteiger partial charge in [0, 0.05) is 0 Å². The van der Waals surface area contributed by atoms with Crippen molar-refractivity contribution in [2.75, 3.05) is 13.1 Å². The highest BCUT2D eigenvalue weighted by molar-refractivity contribution is 5.85. The Kier molecular flexibility index (Phi) is 4.18. The molecule has 0 unspecified atom stereocenters. The summed E-state index contributed by atoms with van der Waals surface area (Å²) in [5.74, 6) is 0. The van der Waals surface area contributed by atoms with Gasteiger partial charge in [-0.15, -0.1) is 12.4 Å². The zero-order chi connectivity index (χ0) is 8.23. The molecular weight excluding hydrogens is 188 g/mol. The largest absolute Gasteiger partial charge is 0.284 e. The summed E-state index contributed by atoms with van der Waals surface area (Å²) >= 11 is 0. The highest BCUT2D eigenvalue weighted by Gasteiger charge is 2.09. The molecule has 2 rings (SSSR count). The van der Waals surface area contributed by atoms with E-state index in [1.807, 2.05) is 4.68 Å². The van der Waals surface area contributed by atoms with Crippen LogP contribution in [0.2, 0.25) is 0 Å². The van der Waals surface area contributed by atoms with Crippen LogP contribution in [-0.4, -0.2) is 32.8 Å². The van der Waals surface area contributed by atoms with Crippen LogP contribution in [0.5, 0.6) is 0 Å². The van der Waals surface area contributed by atoms with Gasteiger partial charge in [-0.2, -0.15) is 5.10 Å². The Morgan fingerprint density at radius 1 is 1.15 bits per heavy atom. The SMILES string of the molecule is Cl.c1ncn(CN2CCCCC2)n1. The van der Waals surface area contributed by atoms with E-state index in [0.29, 0.717) is 0 Å². The Balaban J connectivity index is 0.000000845. The van der Waals surface area contributed by atoms with Crippen LogP contribution in [0.4, 0.5) is 0 Å². The summed E-state index contributed by atoms with van der Waals surface area (Å²) < 4.78 is 1.88. The van der Waals surface area contributed by atoms with E-state index in [-0.39, 0.29) is 12.4 Å². The van der Waals surface area contributed by atoms with Gasteiger partial charge in [-0.25, -0.2) is 9.67 Å². The molecule has 0 bridgehead atoms. The molecule has 1 aromatic heterocycles. The van der Waals surface area contributed by atoms with Crippen molar-refractivity contribution < 1.29 is 0 Å². The summed E-state index contributed by atoms with van der Waals surface area (Å²) in [5, 5.41) is 4.07. The first-order valence-electron chi connectivity index (χ1n) is 4.50. The number of hydrogen-bond donors (Lipinski definition) is 0. The van der Waals surface area contributed by atoms with Gasteiger partial charge in [0.2, 0.25) is 0 Å². The second-order valence-electron chi connectivity index (χ2n) is 3.26. The smallest absolute Gasteiger partial charge is 0.137 e. The average molecular weight is 203 g/mol. The molecule has 5 heteroatoms. The molecule has 1 aliphatic heterocycles. The maximum absolute atomic E-state index is 4.07. The van der Waals surface area contributed by atoms with Crippen molar-refractivity contribution in [3.05, 3.63) is 12.7 Å². The van der Waals surface area contributed by atoms with Crippen molar-refractivity contribution in [3.8, 4) is 0 Å². The minimum Gasteiger partial charge on any atom is -0.284 e. The maximum atomic E-state index is 4.07. The molecule has 0 saturated carbocycles. The molecule has 0 spiro atoms. The van der Waals surface area contributed by atoms with Crippen LogP contribution < -0.4 is 0 Å². The highest BCUT2D eigenvalue weighted by atomic mass is 35.5. The number of likely N-dealkylation sites (tertiary alicyclic amines) is 1. The van der Waals surface area contributed by atoms with Gasteiger partial charge in [0.1, 0.15) is 12.7 Å². The summed E-state index contributed by atoms with van der Waals surface area (Å²) in [6.07, 6.45) is 7.40. The van der Waals surface area contributed by atoms with E-state index < -0.39 is 0 Å². The molecule has 0 aromatic carbocycles. The highest BCUT2D eigenvalue weighted by Crippen LogP contribution is 2.08. The quantitative estimate of drug-likeness (QED) is 0.722. The topological polar surface area (TPSA) is 34.0 Å². The molecule has 2 heterocycles. The summed E-state index contributed by atoms with van der Waals surface area (Å²) in [6, 6.07) is 0. The lowest BCUT2D eigenvalue weighted by Crippen LogP contribution is -2.31. The van der Waals surface area contributed by atoms with Crippen LogP contribution in [0, 0.1) is 0 Å². The molecule has 0 radical (unpaired) electrons. The molecule has 1 fully saturated rings. The fourth-order valence-corrected chi connectivity index (χ4v) is 1.61. The van der Waals surface area contributed by atoms with Gasteiger partial charge in [-0.05, 0) is 25.9 Å². The van der Waals surface area contributed by atoms with Crippen LogP contribution in [0.15, 0.2) is 12.7 Å². The molecular formula is C8H15ClN4. The van der Waals surface area contributed by atoms with Crippen molar-refractivity contribution in [3.63, 3.8) is 0 Å². The molecule has 13 heavy (non-hydrogen) atoms. The summed E-state index contributed by atoms with van der Waals surface area (Å²) in [4.78, 5) is 6.33. The van der Waals surface area contributed by atoms with Gasteiger partial charge in [0.15, 0.2) is 0 Å². The summed E-state index contributed by atoms with van der Waals surface area (Å²) in [7, 11) is 0. The fraction of sp³-hybridized carbons (Fsp3) is 0.750. The van der Waals surface area contributed by atoms with E-state index >= 15 is 0 Å². The molecule has 4 nitrogen and oxygen atoms in total. The van der Waals surface area contributed by atoms with Gasteiger partial charge in [-0.3, -0.25) is 4.90 Å². The summed E-state index contributed by atoms with van der Waals surface area (Å²) in [5.41, 5.74) is 0. The van der Waals surface area contributed by atoms with Crippen LogP contribution in [-0.2, 0) is 6.67 Å².